The molecule has 0 aliphatic carbocycles. The van der Waals surface area contributed by atoms with Crippen molar-refractivity contribution in [2.45, 2.75) is 6.92 Å². The number of hydrogen-bond donors (Lipinski definition) is 2. The SMILES string of the molecule is COc1ccc(/C(=C/c2ccc(C(=O)O)cc2)C(=O)O)c(C)c1. The summed E-state index contributed by atoms with van der Waals surface area (Å²) in [5.74, 6) is -1.42. The summed E-state index contributed by atoms with van der Waals surface area (Å²) in [6.45, 7) is 1.81. The zero-order valence-electron chi connectivity index (χ0n) is 12.7. The van der Waals surface area contributed by atoms with E-state index in [1.807, 2.05) is 6.92 Å². The number of aromatic carboxylic acids is 1. The van der Waals surface area contributed by atoms with Gasteiger partial charge in [-0.15, -0.1) is 0 Å². The molecule has 0 spiro atoms. The molecule has 118 valence electrons. The first kappa shape index (κ1) is 16.3. The van der Waals surface area contributed by atoms with Gasteiger partial charge in [0.15, 0.2) is 0 Å². The summed E-state index contributed by atoms with van der Waals surface area (Å²) in [6, 6.07) is 11.2. The van der Waals surface area contributed by atoms with Crippen LogP contribution in [0.15, 0.2) is 42.5 Å². The van der Waals surface area contributed by atoms with Crippen molar-refractivity contribution < 1.29 is 24.5 Å². The summed E-state index contributed by atoms with van der Waals surface area (Å²) in [5, 5.41) is 18.4. The molecular weight excluding hydrogens is 296 g/mol. The number of benzene rings is 2. The Morgan fingerprint density at radius 1 is 1.04 bits per heavy atom. The average Bonchev–Trinajstić information content (AvgIpc) is 2.53. The Labute approximate surface area is 133 Å². The van der Waals surface area contributed by atoms with Gasteiger partial charge in [0.2, 0.25) is 0 Å². The molecule has 0 radical (unpaired) electrons. The molecule has 0 bridgehead atoms. The van der Waals surface area contributed by atoms with Crippen LogP contribution in [0.1, 0.15) is 27.0 Å². The highest BCUT2D eigenvalue weighted by molar-refractivity contribution is 6.21. The molecule has 0 amide bonds. The molecule has 2 N–H and O–H groups in total. The maximum absolute atomic E-state index is 11.6. The zero-order chi connectivity index (χ0) is 17.0. The first-order valence-electron chi connectivity index (χ1n) is 6.85. The third-order valence-corrected chi connectivity index (χ3v) is 3.42. The fraction of sp³-hybridized carbons (Fsp3) is 0.111. The highest BCUT2D eigenvalue weighted by Crippen LogP contribution is 2.25. The van der Waals surface area contributed by atoms with Crippen molar-refractivity contribution in [2.24, 2.45) is 0 Å². The molecule has 0 saturated carbocycles. The number of carbonyl (C=O) groups is 2. The molecule has 0 unspecified atom stereocenters. The monoisotopic (exact) mass is 312 g/mol. The Balaban J connectivity index is 2.46. The standard InChI is InChI=1S/C18H16O5/c1-11-9-14(23-2)7-8-15(11)16(18(21)22)10-12-3-5-13(6-4-12)17(19)20/h3-10H,1-2H3,(H,19,20)(H,21,22)/b16-10-. The van der Waals surface area contributed by atoms with Crippen LogP contribution in [0.5, 0.6) is 5.75 Å². The van der Waals surface area contributed by atoms with E-state index in [4.69, 9.17) is 9.84 Å². The van der Waals surface area contributed by atoms with Gasteiger partial charge in [-0.05, 0) is 54.0 Å². The van der Waals surface area contributed by atoms with Gasteiger partial charge in [-0.3, -0.25) is 0 Å². The number of ether oxygens (including phenoxy) is 1. The Morgan fingerprint density at radius 2 is 1.70 bits per heavy atom. The normalized spacial score (nSPS) is 11.1. The Bertz CT molecular complexity index is 772. The summed E-state index contributed by atoms with van der Waals surface area (Å²) in [6.07, 6.45) is 1.52. The van der Waals surface area contributed by atoms with E-state index in [9.17, 15) is 14.7 Å². The first-order valence-corrected chi connectivity index (χ1v) is 6.85. The van der Waals surface area contributed by atoms with Gasteiger partial charge in [0.25, 0.3) is 0 Å². The highest BCUT2D eigenvalue weighted by Gasteiger charge is 2.14. The minimum atomic E-state index is -1.06. The molecule has 0 aromatic heterocycles. The molecule has 0 aliphatic heterocycles. The van der Waals surface area contributed by atoms with Crippen LogP contribution in [0.3, 0.4) is 0 Å². The smallest absolute Gasteiger partial charge is 0.336 e. The molecule has 0 fully saturated rings. The molecule has 0 aliphatic rings. The lowest BCUT2D eigenvalue weighted by Gasteiger charge is -2.09. The van der Waals surface area contributed by atoms with Gasteiger partial charge < -0.3 is 14.9 Å². The second-order valence-corrected chi connectivity index (χ2v) is 4.97. The maximum atomic E-state index is 11.6. The summed E-state index contributed by atoms with van der Waals surface area (Å²) in [5.41, 5.74) is 2.26. The van der Waals surface area contributed by atoms with Gasteiger partial charge in [0.05, 0.1) is 18.2 Å². The lowest BCUT2D eigenvalue weighted by Crippen LogP contribution is -2.02. The van der Waals surface area contributed by atoms with Crippen LogP contribution in [0.2, 0.25) is 0 Å². The third-order valence-electron chi connectivity index (χ3n) is 3.42. The van der Waals surface area contributed by atoms with Crippen molar-refractivity contribution in [2.75, 3.05) is 7.11 Å². The second kappa shape index (κ2) is 6.79. The van der Waals surface area contributed by atoms with E-state index >= 15 is 0 Å². The van der Waals surface area contributed by atoms with Gasteiger partial charge in [0, 0.05) is 0 Å². The quantitative estimate of drug-likeness (QED) is 0.653. The number of carboxylic acid groups (broad SMARTS) is 2. The fourth-order valence-electron chi connectivity index (χ4n) is 2.21. The molecular formula is C18H16O5. The predicted molar refractivity (Wildman–Crippen MR) is 86.6 cm³/mol. The molecule has 2 aromatic carbocycles. The van der Waals surface area contributed by atoms with Crippen LogP contribution in [0.25, 0.3) is 11.6 Å². The van der Waals surface area contributed by atoms with Crippen LogP contribution in [-0.2, 0) is 4.79 Å². The van der Waals surface area contributed by atoms with Crippen molar-refractivity contribution in [3.05, 3.63) is 64.7 Å². The average molecular weight is 312 g/mol. The summed E-state index contributed by atoms with van der Waals surface area (Å²) in [4.78, 5) is 22.4. The summed E-state index contributed by atoms with van der Waals surface area (Å²) >= 11 is 0. The third kappa shape index (κ3) is 3.77. The van der Waals surface area contributed by atoms with Gasteiger partial charge in [-0.1, -0.05) is 18.2 Å². The topological polar surface area (TPSA) is 83.8 Å². The number of aryl methyl sites for hydroxylation is 1. The number of hydrogen-bond acceptors (Lipinski definition) is 3. The number of carboxylic acids is 2. The van der Waals surface area contributed by atoms with Crippen molar-refractivity contribution in [3.63, 3.8) is 0 Å². The van der Waals surface area contributed by atoms with Crippen LogP contribution < -0.4 is 4.74 Å². The lowest BCUT2D eigenvalue weighted by molar-refractivity contribution is -0.130. The summed E-state index contributed by atoms with van der Waals surface area (Å²) < 4.78 is 5.12. The molecule has 23 heavy (non-hydrogen) atoms. The van der Waals surface area contributed by atoms with Crippen LogP contribution >= 0.6 is 0 Å². The fourth-order valence-corrected chi connectivity index (χ4v) is 2.21. The van der Waals surface area contributed by atoms with E-state index in [-0.39, 0.29) is 11.1 Å². The van der Waals surface area contributed by atoms with E-state index in [2.05, 4.69) is 0 Å². The molecule has 0 atom stereocenters. The minimum absolute atomic E-state index is 0.133. The zero-order valence-corrected chi connectivity index (χ0v) is 12.7. The minimum Gasteiger partial charge on any atom is -0.497 e. The van der Waals surface area contributed by atoms with Crippen LogP contribution in [-0.4, -0.2) is 29.3 Å². The Hall–Kier alpha value is -3.08. The van der Waals surface area contributed by atoms with Crippen molar-refractivity contribution in [1.29, 1.82) is 0 Å². The lowest BCUT2D eigenvalue weighted by atomic mass is 9.98. The molecule has 5 nitrogen and oxygen atoms in total. The molecule has 2 aromatic rings. The first-order chi connectivity index (χ1) is 10.9. The largest absolute Gasteiger partial charge is 0.497 e. The molecule has 0 saturated heterocycles. The number of aliphatic carboxylic acids is 1. The van der Waals surface area contributed by atoms with Crippen LogP contribution in [0, 0.1) is 6.92 Å². The van der Waals surface area contributed by atoms with E-state index < -0.39 is 11.9 Å². The Morgan fingerprint density at radius 3 is 2.17 bits per heavy atom. The van der Waals surface area contributed by atoms with Gasteiger partial charge in [-0.2, -0.15) is 0 Å². The van der Waals surface area contributed by atoms with E-state index in [1.54, 1.807) is 37.4 Å². The molecule has 0 heterocycles. The van der Waals surface area contributed by atoms with Gasteiger partial charge in [-0.25, -0.2) is 9.59 Å². The van der Waals surface area contributed by atoms with Crippen molar-refractivity contribution in [1.82, 2.24) is 0 Å². The van der Waals surface area contributed by atoms with E-state index in [0.717, 1.165) is 5.56 Å². The van der Waals surface area contributed by atoms with Crippen molar-refractivity contribution in [3.8, 4) is 5.75 Å². The van der Waals surface area contributed by atoms with E-state index in [1.165, 1.54) is 18.2 Å². The Kier molecular flexibility index (Phi) is 4.81. The van der Waals surface area contributed by atoms with Gasteiger partial charge in [0.1, 0.15) is 5.75 Å². The summed E-state index contributed by atoms with van der Waals surface area (Å²) in [7, 11) is 1.55. The van der Waals surface area contributed by atoms with Crippen molar-refractivity contribution >= 4 is 23.6 Å². The maximum Gasteiger partial charge on any atom is 0.336 e. The number of methoxy groups -OCH3 is 1. The molecule has 2 rings (SSSR count). The highest BCUT2D eigenvalue weighted by atomic mass is 16.5. The molecule has 5 heteroatoms. The van der Waals surface area contributed by atoms with E-state index in [0.29, 0.717) is 16.9 Å². The number of rotatable bonds is 5. The van der Waals surface area contributed by atoms with Crippen LogP contribution in [0.4, 0.5) is 0 Å². The second-order valence-electron chi connectivity index (χ2n) is 4.97. The van der Waals surface area contributed by atoms with Gasteiger partial charge >= 0.3 is 11.9 Å². The predicted octanol–water partition coefficient (Wildman–Crippen LogP) is 3.33.